The summed E-state index contributed by atoms with van der Waals surface area (Å²) in [4.78, 5) is 14.7. The van der Waals surface area contributed by atoms with Crippen LogP contribution in [0.15, 0.2) is 52.9 Å². The summed E-state index contributed by atoms with van der Waals surface area (Å²) in [6.07, 6.45) is 5.57. The number of nitrogens with zero attached hydrogens (tertiary/aromatic N) is 1. The summed E-state index contributed by atoms with van der Waals surface area (Å²) < 4.78 is 30.1. The lowest BCUT2D eigenvalue weighted by Gasteiger charge is -2.28. The Hall–Kier alpha value is -2.60. The second-order valence-corrected chi connectivity index (χ2v) is 9.65. The fourth-order valence-electron chi connectivity index (χ4n) is 4.05. The van der Waals surface area contributed by atoms with E-state index in [1.807, 2.05) is 12.1 Å². The Balaban J connectivity index is 1.69. The van der Waals surface area contributed by atoms with Crippen LogP contribution in [0, 0.1) is 0 Å². The average molecular weight is 412 g/mol. The maximum atomic E-state index is 12.6. The zero-order valence-corrected chi connectivity index (χ0v) is 17.4. The molecule has 5 nitrogen and oxygen atoms in total. The van der Waals surface area contributed by atoms with Crippen molar-refractivity contribution in [2.75, 3.05) is 30.9 Å². The van der Waals surface area contributed by atoms with Crippen LogP contribution in [0.25, 0.3) is 17.2 Å². The van der Waals surface area contributed by atoms with Crippen LogP contribution in [0.4, 0.5) is 5.69 Å². The lowest BCUT2D eigenvalue weighted by atomic mass is 10.0. The predicted octanol–water partition coefficient (Wildman–Crippen LogP) is 4.08. The highest BCUT2D eigenvalue weighted by molar-refractivity contribution is 7.91. The first-order chi connectivity index (χ1) is 14.0. The van der Waals surface area contributed by atoms with Gasteiger partial charge in [0, 0.05) is 24.4 Å². The number of carbonyl (C=O) groups excluding carboxylic acids is 1. The van der Waals surface area contributed by atoms with Crippen LogP contribution < -0.4 is 4.90 Å². The van der Waals surface area contributed by atoms with Gasteiger partial charge >= 0.3 is 5.97 Å². The first kappa shape index (κ1) is 19.7. The van der Waals surface area contributed by atoms with E-state index in [9.17, 15) is 13.2 Å². The van der Waals surface area contributed by atoms with Gasteiger partial charge in [0.05, 0.1) is 17.8 Å². The summed E-state index contributed by atoms with van der Waals surface area (Å²) in [7, 11) is -2.13. The van der Waals surface area contributed by atoms with Crippen molar-refractivity contribution in [1.29, 1.82) is 0 Å². The Labute approximate surface area is 171 Å². The van der Waals surface area contributed by atoms with Crippen molar-refractivity contribution in [3.8, 4) is 11.1 Å². The van der Waals surface area contributed by atoms with Crippen LogP contribution in [0.1, 0.15) is 31.2 Å². The number of hydrogen-bond donors (Lipinski definition) is 0. The summed E-state index contributed by atoms with van der Waals surface area (Å²) in [6.45, 7) is 2.19. The molecule has 2 aromatic carbocycles. The Morgan fingerprint density at radius 1 is 0.966 bits per heavy atom. The molecule has 2 aliphatic heterocycles. The molecule has 0 saturated carbocycles. The number of benzene rings is 2. The van der Waals surface area contributed by atoms with Crippen LogP contribution in [0.5, 0.6) is 0 Å². The lowest BCUT2D eigenvalue weighted by molar-refractivity contribution is -0.136. The van der Waals surface area contributed by atoms with Gasteiger partial charge in [-0.1, -0.05) is 18.2 Å². The first-order valence-corrected chi connectivity index (χ1v) is 11.6. The number of ether oxygens (including phenoxy) is 1. The van der Waals surface area contributed by atoms with Crippen LogP contribution >= 0.6 is 0 Å². The van der Waals surface area contributed by atoms with E-state index in [-0.39, 0.29) is 17.1 Å². The summed E-state index contributed by atoms with van der Waals surface area (Å²) in [5, 5.41) is 0. The number of rotatable bonds is 3. The van der Waals surface area contributed by atoms with Crippen LogP contribution in [0.3, 0.4) is 0 Å². The maximum absolute atomic E-state index is 12.6. The molecule has 2 aliphatic rings. The molecule has 29 heavy (non-hydrogen) atoms. The van der Waals surface area contributed by atoms with Crippen LogP contribution in [-0.4, -0.2) is 40.3 Å². The molecule has 0 bridgehead atoms. The monoisotopic (exact) mass is 411 g/mol. The summed E-state index contributed by atoms with van der Waals surface area (Å²) in [6, 6.07) is 13.7. The molecule has 0 unspecified atom stereocenters. The van der Waals surface area contributed by atoms with Gasteiger partial charge in [-0.15, -0.1) is 0 Å². The van der Waals surface area contributed by atoms with Crippen molar-refractivity contribution in [3.63, 3.8) is 0 Å². The van der Waals surface area contributed by atoms with Crippen LogP contribution in [-0.2, 0) is 19.4 Å². The molecule has 152 valence electrons. The Bertz CT molecular complexity index is 1050. The number of esters is 1. The fourth-order valence-corrected chi connectivity index (χ4v) is 5.51. The summed E-state index contributed by atoms with van der Waals surface area (Å²) in [5.41, 5.74) is 4.08. The average Bonchev–Trinajstić information content (AvgIpc) is 2.89. The Morgan fingerprint density at radius 2 is 1.66 bits per heavy atom. The summed E-state index contributed by atoms with van der Waals surface area (Å²) >= 11 is 0. The van der Waals surface area contributed by atoms with E-state index < -0.39 is 15.8 Å². The van der Waals surface area contributed by atoms with Crippen LogP contribution in [0.2, 0.25) is 0 Å². The highest BCUT2D eigenvalue weighted by Crippen LogP contribution is 2.32. The minimum Gasteiger partial charge on any atom is -0.466 e. The Kier molecular flexibility index (Phi) is 5.46. The van der Waals surface area contributed by atoms with Crippen molar-refractivity contribution in [3.05, 3.63) is 53.6 Å². The zero-order chi connectivity index (χ0) is 20.4. The van der Waals surface area contributed by atoms with Crippen molar-refractivity contribution in [2.24, 2.45) is 0 Å². The third-order valence-corrected chi connectivity index (χ3v) is 7.47. The Morgan fingerprint density at radius 3 is 2.34 bits per heavy atom. The molecule has 0 spiro atoms. The highest BCUT2D eigenvalue weighted by Gasteiger charge is 2.25. The fraction of sp³-hybridized carbons (Fsp3) is 0.348. The molecule has 6 heteroatoms. The van der Waals surface area contributed by atoms with Gasteiger partial charge in [-0.25, -0.2) is 13.2 Å². The van der Waals surface area contributed by atoms with Gasteiger partial charge in [0.25, 0.3) is 0 Å². The zero-order valence-electron chi connectivity index (χ0n) is 16.6. The molecule has 4 rings (SSSR count). The maximum Gasteiger partial charge on any atom is 0.333 e. The standard InChI is InChI=1S/C23H25NO4S/c1-28-23(25)19-11-14-29(26,27)22-10-7-18(15-20(22)16-19)17-5-8-21(9-6-17)24-12-3-2-4-13-24/h5-10,15-16H,2-4,11-14H2,1H3. The van der Waals surface area contributed by atoms with Crippen molar-refractivity contribution >= 4 is 27.6 Å². The second-order valence-electron chi connectivity index (χ2n) is 7.58. The van der Waals surface area contributed by atoms with Gasteiger partial charge in [-0.05, 0) is 72.7 Å². The third-order valence-electron chi connectivity index (χ3n) is 5.68. The normalized spacial score (nSPS) is 18.4. The lowest BCUT2D eigenvalue weighted by Crippen LogP contribution is -2.29. The SMILES string of the molecule is COC(=O)C1=Cc2cc(-c3ccc(N4CCCCC4)cc3)ccc2S(=O)(=O)CC1. The minimum atomic E-state index is -3.44. The first-order valence-electron chi connectivity index (χ1n) is 9.99. The van der Waals surface area contributed by atoms with Crippen molar-refractivity contribution < 1.29 is 17.9 Å². The van der Waals surface area contributed by atoms with Gasteiger partial charge < -0.3 is 9.64 Å². The minimum absolute atomic E-state index is 0.0924. The molecular formula is C23H25NO4S. The molecule has 1 fully saturated rings. The number of carbonyl (C=O) groups is 1. The van der Waals surface area contributed by atoms with Crippen molar-refractivity contribution in [2.45, 2.75) is 30.6 Å². The third kappa shape index (κ3) is 4.08. The topological polar surface area (TPSA) is 63.7 Å². The quantitative estimate of drug-likeness (QED) is 0.712. The van der Waals surface area contributed by atoms with Gasteiger partial charge in [0.1, 0.15) is 0 Å². The molecule has 0 amide bonds. The number of anilines is 1. The molecule has 0 aliphatic carbocycles. The predicted molar refractivity (Wildman–Crippen MR) is 115 cm³/mol. The van der Waals surface area contributed by atoms with Crippen molar-refractivity contribution in [1.82, 2.24) is 0 Å². The summed E-state index contributed by atoms with van der Waals surface area (Å²) in [5.74, 6) is -0.575. The molecule has 1 saturated heterocycles. The number of methoxy groups -OCH3 is 1. The number of piperidine rings is 1. The van der Waals surface area contributed by atoms with E-state index in [2.05, 4.69) is 29.2 Å². The van der Waals surface area contributed by atoms with E-state index in [4.69, 9.17) is 4.74 Å². The van der Waals surface area contributed by atoms with Gasteiger partial charge in [-0.2, -0.15) is 0 Å². The number of fused-ring (bicyclic) bond motifs is 1. The van der Waals surface area contributed by atoms with Gasteiger partial charge in [-0.3, -0.25) is 0 Å². The largest absolute Gasteiger partial charge is 0.466 e. The van der Waals surface area contributed by atoms with E-state index in [1.165, 1.54) is 32.1 Å². The van der Waals surface area contributed by atoms with E-state index in [0.717, 1.165) is 24.2 Å². The second kappa shape index (κ2) is 8.03. The molecule has 2 aromatic rings. The molecule has 0 aromatic heterocycles. The molecule has 0 N–H and O–H groups in total. The van der Waals surface area contributed by atoms with E-state index in [0.29, 0.717) is 11.1 Å². The highest BCUT2D eigenvalue weighted by atomic mass is 32.2. The number of hydrogen-bond acceptors (Lipinski definition) is 5. The molecule has 0 atom stereocenters. The van der Waals surface area contributed by atoms with Gasteiger partial charge in [0.15, 0.2) is 9.84 Å². The smallest absolute Gasteiger partial charge is 0.333 e. The van der Waals surface area contributed by atoms with E-state index >= 15 is 0 Å². The number of sulfone groups is 1. The van der Waals surface area contributed by atoms with Gasteiger partial charge in [0.2, 0.25) is 0 Å². The molecule has 0 radical (unpaired) electrons. The van der Waals surface area contributed by atoms with E-state index in [1.54, 1.807) is 12.1 Å². The molecule has 2 heterocycles. The molecular weight excluding hydrogens is 386 g/mol.